The Morgan fingerprint density at radius 2 is 2.00 bits per heavy atom. The minimum absolute atomic E-state index is 0.0464. The number of amidine groups is 1. The van der Waals surface area contributed by atoms with Crippen molar-refractivity contribution in [1.29, 1.82) is 5.41 Å². The minimum Gasteiger partial charge on any atom is -0.386 e. The number of para-hydroxylation sites is 1. The lowest BCUT2D eigenvalue weighted by Gasteiger charge is -2.27. The highest BCUT2D eigenvalue weighted by Crippen LogP contribution is 2.37. The Labute approximate surface area is 120 Å². The van der Waals surface area contributed by atoms with Gasteiger partial charge in [-0.25, -0.2) is 0 Å². The maximum atomic E-state index is 13.1. The number of anilines is 1. The molecular weight excluding hydrogens is 281 g/mol. The molecule has 0 aromatic heterocycles. The molecule has 1 aromatic carbocycles. The Balaban J connectivity index is 2.39. The molecule has 0 aliphatic carbocycles. The van der Waals surface area contributed by atoms with E-state index in [1.807, 2.05) is 0 Å². The molecule has 21 heavy (non-hydrogen) atoms. The number of alkyl halides is 3. The summed E-state index contributed by atoms with van der Waals surface area (Å²) >= 11 is 0. The first-order valence-corrected chi connectivity index (χ1v) is 6.19. The molecule has 0 radical (unpaired) electrons. The molecule has 1 aliphatic heterocycles. The molecule has 0 fully saturated rings. The van der Waals surface area contributed by atoms with Crippen LogP contribution in [0.15, 0.2) is 48.3 Å². The maximum Gasteiger partial charge on any atom is 0.418 e. The molecule has 1 heterocycles. The van der Waals surface area contributed by atoms with E-state index in [0.29, 0.717) is 5.70 Å². The number of halogens is 3. The molecule has 1 aromatic rings. The van der Waals surface area contributed by atoms with Crippen molar-refractivity contribution in [3.63, 3.8) is 0 Å². The number of allylic oxidation sites excluding steroid dienone is 1. The monoisotopic (exact) mass is 296 g/mol. The van der Waals surface area contributed by atoms with Crippen LogP contribution in [0, 0.1) is 5.41 Å². The van der Waals surface area contributed by atoms with Crippen LogP contribution in [0.3, 0.4) is 0 Å². The van der Waals surface area contributed by atoms with Gasteiger partial charge < -0.3 is 16.0 Å². The minimum atomic E-state index is -4.43. The third-order valence-corrected chi connectivity index (χ3v) is 3.16. The first kappa shape index (κ1) is 15.0. The Morgan fingerprint density at radius 3 is 2.62 bits per heavy atom. The SMILES string of the molecule is CN(C1=CC(C(=N)N)NC=C1)c1ccccc1C(F)(F)F. The third kappa shape index (κ3) is 3.18. The van der Waals surface area contributed by atoms with Crippen molar-refractivity contribution in [3.8, 4) is 0 Å². The van der Waals surface area contributed by atoms with Crippen molar-refractivity contribution in [3.05, 3.63) is 53.9 Å². The lowest BCUT2D eigenvalue weighted by molar-refractivity contribution is -0.137. The summed E-state index contributed by atoms with van der Waals surface area (Å²) in [4.78, 5) is 1.43. The summed E-state index contributed by atoms with van der Waals surface area (Å²) in [5.41, 5.74) is 5.28. The fraction of sp³-hybridized carbons (Fsp3) is 0.214. The number of nitrogens with two attached hydrogens (primary N) is 1. The molecule has 2 rings (SSSR count). The fourth-order valence-corrected chi connectivity index (χ4v) is 2.06. The number of benzene rings is 1. The Morgan fingerprint density at radius 1 is 1.33 bits per heavy atom. The summed E-state index contributed by atoms with van der Waals surface area (Å²) in [6.07, 6.45) is 0.373. The standard InChI is InChI=1S/C14H15F3N4/c1-21(9-6-7-20-11(8-9)13(18)19)12-5-3-2-4-10(12)14(15,16)17/h2-8,11,20H,1H3,(H3,18,19). The molecule has 0 bridgehead atoms. The molecule has 4 nitrogen and oxygen atoms in total. The lowest BCUT2D eigenvalue weighted by Crippen LogP contribution is -2.39. The Kier molecular flexibility index (Phi) is 3.93. The average molecular weight is 296 g/mol. The van der Waals surface area contributed by atoms with Gasteiger partial charge in [0.05, 0.1) is 11.3 Å². The van der Waals surface area contributed by atoms with E-state index in [9.17, 15) is 13.2 Å². The van der Waals surface area contributed by atoms with Crippen LogP contribution in [-0.2, 0) is 6.18 Å². The van der Waals surface area contributed by atoms with Crippen molar-refractivity contribution >= 4 is 11.5 Å². The molecule has 0 spiro atoms. The zero-order valence-electron chi connectivity index (χ0n) is 11.3. The summed E-state index contributed by atoms with van der Waals surface area (Å²) < 4.78 is 39.2. The molecule has 0 saturated heterocycles. The van der Waals surface area contributed by atoms with Crippen LogP contribution in [0.25, 0.3) is 0 Å². The molecule has 0 saturated carbocycles. The number of rotatable bonds is 3. The van der Waals surface area contributed by atoms with Crippen molar-refractivity contribution in [2.75, 3.05) is 11.9 Å². The van der Waals surface area contributed by atoms with Crippen molar-refractivity contribution < 1.29 is 13.2 Å². The summed E-state index contributed by atoms with van der Waals surface area (Å²) in [5.74, 6) is -0.102. The van der Waals surface area contributed by atoms with Gasteiger partial charge in [0.15, 0.2) is 0 Å². The van der Waals surface area contributed by atoms with E-state index in [2.05, 4.69) is 5.32 Å². The third-order valence-electron chi connectivity index (χ3n) is 3.16. The van der Waals surface area contributed by atoms with Crippen LogP contribution in [0.5, 0.6) is 0 Å². The molecule has 0 amide bonds. The van der Waals surface area contributed by atoms with E-state index in [1.165, 1.54) is 17.0 Å². The maximum absolute atomic E-state index is 13.1. The predicted molar refractivity (Wildman–Crippen MR) is 75.9 cm³/mol. The second-order valence-corrected chi connectivity index (χ2v) is 4.60. The van der Waals surface area contributed by atoms with Gasteiger partial charge in [-0.3, -0.25) is 5.41 Å². The molecule has 1 atom stereocenters. The van der Waals surface area contributed by atoms with Crippen molar-refractivity contribution in [1.82, 2.24) is 5.32 Å². The second kappa shape index (κ2) is 5.51. The highest BCUT2D eigenvalue weighted by atomic mass is 19.4. The molecule has 1 aliphatic rings. The first-order chi connectivity index (χ1) is 9.80. The Bertz CT molecular complexity index is 604. The van der Waals surface area contributed by atoms with E-state index in [1.54, 1.807) is 31.5 Å². The van der Waals surface area contributed by atoms with Crippen LogP contribution in [0.4, 0.5) is 18.9 Å². The average Bonchev–Trinajstić information content (AvgIpc) is 2.45. The van der Waals surface area contributed by atoms with Crippen LogP contribution < -0.4 is 16.0 Å². The molecule has 1 unspecified atom stereocenters. The highest BCUT2D eigenvalue weighted by molar-refractivity contribution is 5.85. The van der Waals surface area contributed by atoms with Gasteiger partial charge in [-0.1, -0.05) is 12.1 Å². The van der Waals surface area contributed by atoms with Crippen LogP contribution in [-0.4, -0.2) is 18.9 Å². The van der Waals surface area contributed by atoms with Crippen LogP contribution >= 0.6 is 0 Å². The van der Waals surface area contributed by atoms with Gasteiger partial charge >= 0.3 is 6.18 Å². The summed E-state index contributed by atoms with van der Waals surface area (Å²) in [7, 11) is 1.54. The highest BCUT2D eigenvalue weighted by Gasteiger charge is 2.34. The van der Waals surface area contributed by atoms with Crippen LogP contribution in [0.2, 0.25) is 0 Å². The summed E-state index contributed by atoms with van der Waals surface area (Å²) in [6.45, 7) is 0. The Hall–Kier alpha value is -2.44. The van der Waals surface area contributed by atoms with E-state index < -0.39 is 17.8 Å². The fourth-order valence-electron chi connectivity index (χ4n) is 2.06. The van der Waals surface area contributed by atoms with Gasteiger partial charge in [0.2, 0.25) is 0 Å². The normalized spacial score (nSPS) is 17.9. The topological polar surface area (TPSA) is 65.1 Å². The summed E-state index contributed by atoms with van der Waals surface area (Å²) in [6, 6.07) is 4.83. The molecule has 112 valence electrons. The molecular formula is C14H15F3N4. The number of nitrogens with zero attached hydrogens (tertiary/aromatic N) is 1. The van der Waals surface area contributed by atoms with Gasteiger partial charge in [0, 0.05) is 12.7 Å². The summed E-state index contributed by atoms with van der Waals surface area (Å²) in [5, 5.41) is 10.2. The largest absolute Gasteiger partial charge is 0.418 e. The number of dihydropyridines is 1. The van der Waals surface area contributed by atoms with Gasteiger partial charge in [-0.15, -0.1) is 0 Å². The number of nitrogens with one attached hydrogen (secondary N) is 2. The van der Waals surface area contributed by atoms with Gasteiger partial charge in [0.1, 0.15) is 11.9 Å². The predicted octanol–water partition coefficient (Wildman–Crippen LogP) is 2.45. The van der Waals surface area contributed by atoms with E-state index in [4.69, 9.17) is 11.1 Å². The van der Waals surface area contributed by atoms with Gasteiger partial charge in [-0.05, 0) is 30.5 Å². The second-order valence-electron chi connectivity index (χ2n) is 4.60. The van der Waals surface area contributed by atoms with Gasteiger partial charge in [-0.2, -0.15) is 13.2 Å². The number of hydrogen-bond acceptors (Lipinski definition) is 3. The molecule has 7 heteroatoms. The van der Waals surface area contributed by atoms with Crippen molar-refractivity contribution in [2.45, 2.75) is 12.2 Å². The zero-order valence-corrected chi connectivity index (χ0v) is 11.3. The lowest BCUT2D eigenvalue weighted by atomic mass is 10.1. The van der Waals surface area contributed by atoms with Gasteiger partial charge in [0.25, 0.3) is 0 Å². The molecule has 4 N–H and O–H groups in total. The van der Waals surface area contributed by atoms with E-state index in [-0.39, 0.29) is 11.5 Å². The zero-order chi connectivity index (χ0) is 15.6. The smallest absolute Gasteiger partial charge is 0.386 e. The van der Waals surface area contributed by atoms with E-state index in [0.717, 1.165) is 6.07 Å². The number of hydrogen-bond donors (Lipinski definition) is 3. The van der Waals surface area contributed by atoms with Crippen LogP contribution in [0.1, 0.15) is 5.56 Å². The number of likely N-dealkylation sites (N-methyl/N-ethyl adjacent to an activating group) is 1. The quantitative estimate of drug-likeness (QED) is 0.593. The van der Waals surface area contributed by atoms with E-state index >= 15 is 0 Å². The first-order valence-electron chi connectivity index (χ1n) is 6.19. The van der Waals surface area contributed by atoms with Crippen molar-refractivity contribution in [2.24, 2.45) is 5.73 Å².